The lowest BCUT2D eigenvalue weighted by molar-refractivity contribution is 0.1000. The summed E-state index contributed by atoms with van der Waals surface area (Å²) in [4.78, 5) is 14.2. The molecular weight excluding hydrogens is 266 g/mol. The van der Waals surface area contributed by atoms with Crippen molar-refractivity contribution >= 4 is 11.7 Å². The Hall–Kier alpha value is -1.56. The first-order valence-electron chi connectivity index (χ1n) is 7.88. The highest BCUT2D eigenvalue weighted by Crippen LogP contribution is 2.35. The first-order chi connectivity index (χ1) is 10.1. The van der Waals surface area contributed by atoms with Gasteiger partial charge in [-0.1, -0.05) is 0 Å². The molecule has 0 aromatic carbocycles. The van der Waals surface area contributed by atoms with Gasteiger partial charge in [0.2, 0.25) is 0 Å². The summed E-state index contributed by atoms with van der Waals surface area (Å²) >= 11 is 0. The Morgan fingerprint density at radius 2 is 2.24 bits per heavy atom. The average Bonchev–Trinajstić information content (AvgIpc) is 3.23. The number of primary amides is 1. The molecule has 2 aliphatic rings. The monoisotopic (exact) mass is 291 g/mol. The minimum Gasteiger partial charge on any atom is -0.365 e. The number of rotatable bonds is 5. The number of nitrogens with two attached hydrogens (primary N) is 1. The normalized spacial score (nSPS) is 22.3. The third kappa shape index (κ3) is 2.90. The lowest BCUT2D eigenvalue weighted by Gasteiger charge is -2.32. The number of carbonyl (C=O) groups is 1. The maximum atomic E-state index is 11.8. The van der Waals surface area contributed by atoms with E-state index in [-0.39, 0.29) is 5.91 Å². The molecule has 3 N–H and O–H groups in total. The number of nitrogens with one attached hydrogen (secondary N) is 1. The van der Waals surface area contributed by atoms with E-state index in [2.05, 4.69) is 15.3 Å². The first kappa shape index (κ1) is 14.4. The molecule has 21 heavy (non-hydrogen) atoms. The van der Waals surface area contributed by atoms with Crippen LogP contribution in [0.15, 0.2) is 0 Å². The largest absolute Gasteiger partial charge is 0.365 e. The summed E-state index contributed by atoms with van der Waals surface area (Å²) < 4.78 is 1.82. The Morgan fingerprint density at radius 3 is 2.81 bits per heavy atom. The molecule has 2 heterocycles. The zero-order valence-electron chi connectivity index (χ0n) is 12.9. The average molecular weight is 291 g/mol. The number of amides is 1. The number of nitrogens with zero attached hydrogens (tertiary/aromatic N) is 3. The van der Waals surface area contributed by atoms with Crippen LogP contribution in [0.1, 0.15) is 41.7 Å². The highest BCUT2D eigenvalue weighted by atomic mass is 16.1. The zero-order chi connectivity index (χ0) is 15.0. The molecule has 1 saturated heterocycles. The van der Waals surface area contributed by atoms with Crippen LogP contribution in [-0.4, -0.2) is 41.4 Å². The predicted octanol–water partition coefficient (Wildman–Crippen LogP) is 0.796. The van der Waals surface area contributed by atoms with E-state index in [9.17, 15) is 4.79 Å². The molecule has 1 amide bonds. The van der Waals surface area contributed by atoms with Gasteiger partial charge < -0.3 is 16.0 Å². The molecule has 0 radical (unpaired) electrons. The number of hydrogen-bond donors (Lipinski definition) is 2. The molecule has 2 fully saturated rings. The molecule has 3 rings (SSSR count). The summed E-state index contributed by atoms with van der Waals surface area (Å²) in [6, 6.07) is 0.542. The lowest BCUT2D eigenvalue weighted by Crippen LogP contribution is -2.40. The molecule has 1 aromatic heterocycles. The van der Waals surface area contributed by atoms with Crippen molar-refractivity contribution in [1.82, 2.24) is 15.1 Å². The zero-order valence-corrected chi connectivity index (χ0v) is 12.9. The van der Waals surface area contributed by atoms with Crippen molar-refractivity contribution < 1.29 is 4.79 Å². The van der Waals surface area contributed by atoms with E-state index in [1.54, 1.807) is 0 Å². The third-order valence-corrected chi connectivity index (χ3v) is 4.55. The molecule has 1 aromatic rings. The lowest BCUT2D eigenvalue weighted by atomic mass is 9.98. The maximum Gasteiger partial charge on any atom is 0.254 e. The van der Waals surface area contributed by atoms with Gasteiger partial charge in [0.05, 0.1) is 5.69 Å². The van der Waals surface area contributed by atoms with E-state index in [4.69, 9.17) is 5.73 Å². The van der Waals surface area contributed by atoms with Crippen molar-refractivity contribution in [2.75, 3.05) is 24.5 Å². The topological polar surface area (TPSA) is 76.2 Å². The molecule has 116 valence electrons. The van der Waals surface area contributed by atoms with Crippen LogP contribution < -0.4 is 16.0 Å². The van der Waals surface area contributed by atoms with Gasteiger partial charge in [0.15, 0.2) is 0 Å². The summed E-state index contributed by atoms with van der Waals surface area (Å²) in [7, 11) is 1.91. The van der Waals surface area contributed by atoms with Gasteiger partial charge in [-0.3, -0.25) is 9.48 Å². The summed E-state index contributed by atoms with van der Waals surface area (Å²) in [6.07, 6.45) is 4.88. The number of carbonyl (C=O) groups excluding carboxylic acids is 1. The molecule has 1 unspecified atom stereocenters. The molecule has 0 spiro atoms. The van der Waals surface area contributed by atoms with Crippen LogP contribution in [0.4, 0.5) is 5.82 Å². The minimum atomic E-state index is -0.372. The smallest absolute Gasteiger partial charge is 0.254 e. The van der Waals surface area contributed by atoms with Gasteiger partial charge >= 0.3 is 0 Å². The summed E-state index contributed by atoms with van der Waals surface area (Å²) in [5.74, 6) is 1.17. The molecule has 1 aliphatic carbocycles. The fourth-order valence-electron chi connectivity index (χ4n) is 3.42. The summed E-state index contributed by atoms with van der Waals surface area (Å²) in [5.41, 5.74) is 6.91. The van der Waals surface area contributed by atoms with Crippen LogP contribution in [-0.2, 0) is 7.05 Å². The molecule has 6 heteroatoms. The van der Waals surface area contributed by atoms with E-state index in [1.165, 1.54) is 25.7 Å². The van der Waals surface area contributed by atoms with Crippen molar-refractivity contribution in [3.05, 3.63) is 11.3 Å². The summed E-state index contributed by atoms with van der Waals surface area (Å²) in [6.45, 7) is 5.02. The van der Waals surface area contributed by atoms with Crippen LogP contribution in [0, 0.1) is 12.8 Å². The van der Waals surface area contributed by atoms with Gasteiger partial charge in [0.25, 0.3) is 5.91 Å². The standard InChI is InChI=1S/C15H25N5O/c1-10-13(14(16)21)15(19(2)18-10)20(12-5-6-12)9-11-4-3-7-17-8-11/h11-12,17H,3-9H2,1-2H3,(H2,16,21). The number of piperidine rings is 1. The predicted molar refractivity (Wildman–Crippen MR) is 82.4 cm³/mol. The Labute approximate surface area is 125 Å². The van der Waals surface area contributed by atoms with Gasteiger partial charge in [-0.15, -0.1) is 0 Å². The van der Waals surface area contributed by atoms with Gasteiger partial charge in [-0.05, 0) is 51.6 Å². The van der Waals surface area contributed by atoms with Crippen LogP contribution >= 0.6 is 0 Å². The van der Waals surface area contributed by atoms with E-state index < -0.39 is 0 Å². The number of aromatic nitrogens is 2. The third-order valence-electron chi connectivity index (χ3n) is 4.55. The minimum absolute atomic E-state index is 0.372. The van der Waals surface area contributed by atoms with E-state index in [0.717, 1.165) is 31.1 Å². The van der Waals surface area contributed by atoms with Crippen LogP contribution in [0.5, 0.6) is 0 Å². The first-order valence-corrected chi connectivity index (χ1v) is 7.88. The molecule has 1 saturated carbocycles. The molecule has 0 bridgehead atoms. The van der Waals surface area contributed by atoms with Gasteiger partial charge in [0, 0.05) is 19.6 Å². The Bertz CT molecular complexity index is 528. The number of hydrogen-bond acceptors (Lipinski definition) is 4. The highest BCUT2D eigenvalue weighted by Gasteiger charge is 2.35. The quantitative estimate of drug-likeness (QED) is 0.841. The van der Waals surface area contributed by atoms with Crippen LogP contribution in [0.3, 0.4) is 0 Å². The molecule has 1 aliphatic heterocycles. The number of aryl methyl sites for hydroxylation is 2. The van der Waals surface area contributed by atoms with Crippen molar-refractivity contribution in [2.45, 2.75) is 38.6 Å². The molecular formula is C15H25N5O. The Kier molecular flexibility index (Phi) is 3.89. The fourth-order valence-corrected chi connectivity index (χ4v) is 3.42. The second-order valence-corrected chi connectivity index (χ2v) is 6.37. The number of anilines is 1. The molecule has 1 atom stereocenters. The SMILES string of the molecule is Cc1nn(C)c(N(CC2CCCNC2)C2CC2)c1C(N)=O. The van der Waals surface area contributed by atoms with Gasteiger partial charge in [-0.25, -0.2) is 0 Å². The Morgan fingerprint density at radius 1 is 1.48 bits per heavy atom. The Balaban J connectivity index is 1.88. The fraction of sp³-hybridized carbons (Fsp3) is 0.733. The van der Waals surface area contributed by atoms with Crippen molar-refractivity contribution in [3.8, 4) is 0 Å². The second-order valence-electron chi connectivity index (χ2n) is 6.37. The van der Waals surface area contributed by atoms with Gasteiger partial charge in [-0.2, -0.15) is 5.10 Å². The highest BCUT2D eigenvalue weighted by molar-refractivity contribution is 5.99. The second kappa shape index (κ2) is 5.67. The summed E-state index contributed by atoms with van der Waals surface area (Å²) in [5, 5.41) is 7.88. The van der Waals surface area contributed by atoms with E-state index in [1.807, 2.05) is 18.7 Å². The van der Waals surface area contributed by atoms with Gasteiger partial charge in [0.1, 0.15) is 11.4 Å². The van der Waals surface area contributed by atoms with Crippen LogP contribution in [0.25, 0.3) is 0 Å². The van der Waals surface area contributed by atoms with E-state index >= 15 is 0 Å². The van der Waals surface area contributed by atoms with Crippen LogP contribution in [0.2, 0.25) is 0 Å². The van der Waals surface area contributed by atoms with Crippen molar-refractivity contribution in [3.63, 3.8) is 0 Å². The van der Waals surface area contributed by atoms with Crippen molar-refractivity contribution in [2.24, 2.45) is 18.7 Å². The van der Waals surface area contributed by atoms with E-state index in [0.29, 0.717) is 17.5 Å². The molecule has 6 nitrogen and oxygen atoms in total. The van der Waals surface area contributed by atoms with Crippen molar-refractivity contribution in [1.29, 1.82) is 0 Å². The maximum absolute atomic E-state index is 11.8.